The fourth-order valence-corrected chi connectivity index (χ4v) is 1.00. The van der Waals surface area contributed by atoms with Crippen molar-refractivity contribution in [2.45, 2.75) is 19.4 Å². The average Bonchev–Trinajstić information content (AvgIpc) is 2.27. The van der Waals surface area contributed by atoms with E-state index in [2.05, 4.69) is 23.7 Å². The zero-order chi connectivity index (χ0) is 13.1. The summed E-state index contributed by atoms with van der Waals surface area (Å²) in [6, 6.07) is 3.45. The van der Waals surface area contributed by atoms with Crippen molar-refractivity contribution < 1.29 is 4.74 Å². The number of nitrogens with two attached hydrogens (primary N) is 1. The molecule has 94 valence electrons. The van der Waals surface area contributed by atoms with E-state index in [1.54, 1.807) is 18.3 Å². The number of amidine groups is 1. The molecule has 0 saturated carbocycles. The zero-order valence-corrected chi connectivity index (χ0v) is 10.8. The molecule has 1 rings (SSSR count). The minimum Gasteiger partial charge on any atom is -0.476 e. The molecule has 0 radical (unpaired) electrons. The van der Waals surface area contributed by atoms with Crippen molar-refractivity contribution in [1.29, 1.82) is 5.41 Å². The van der Waals surface area contributed by atoms with Crippen LogP contribution in [0.2, 0.25) is 0 Å². The van der Waals surface area contributed by atoms with Gasteiger partial charge in [0, 0.05) is 23.4 Å². The predicted molar refractivity (Wildman–Crippen MR) is 68.5 cm³/mol. The van der Waals surface area contributed by atoms with Crippen LogP contribution in [0, 0.1) is 5.41 Å². The first-order chi connectivity index (χ1) is 7.83. The molecule has 0 fully saturated rings. The maximum absolute atomic E-state index is 7.25. The predicted octanol–water partition coefficient (Wildman–Crippen LogP) is 1.08. The number of nitrogen functional groups attached to an aromatic ring is 1. The van der Waals surface area contributed by atoms with E-state index < -0.39 is 0 Å². The molecule has 5 nitrogen and oxygen atoms in total. The summed E-state index contributed by atoms with van der Waals surface area (Å²) in [6.07, 6.45) is 1.54. The second-order valence-corrected chi connectivity index (χ2v) is 4.79. The Morgan fingerprint density at radius 2 is 2.12 bits per heavy atom. The van der Waals surface area contributed by atoms with Crippen LogP contribution in [0.15, 0.2) is 18.3 Å². The molecule has 17 heavy (non-hydrogen) atoms. The SMILES string of the molecule is CN(C)C(C)(C)COc1ccc(C(=N)N)cn1. The van der Waals surface area contributed by atoms with Crippen molar-refractivity contribution in [3.05, 3.63) is 23.9 Å². The normalized spacial score (nSPS) is 11.6. The number of pyridine rings is 1. The number of hydrogen-bond acceptors (Lipinski definition) is 4. The molecule has 0 aliphatic carbocycles. The van der Waals surface area contributed by atoms with E-state index in [9.17, 15) is 0 Å². The Morgan fingerprint density at radius 3 is 2.53 bits per heavy atom. The maximum Gasteiger partial charge on any atom is 0.213 e. The molecule has 0 unspecified atom stereocenters. The third-order valence-electron chi connectivity index (χ3n) is 2.83. The van der Waals surface area contributed by atoms with E-state index in [1.165, 1.54) is 0 Å². The summed E-state index contributed by atoms with van der Waals surface area (Å²) in [6.45, 7) is 4.74. The van der Waals surface area contributed by atoms with E-state index in [1.807, 2.05) is 14.1 Å². The van der Waals surface area contributed by atoms with Gasteiger partial charge in [0.1, 0.15) is 12.4 Å². The molecule has 0 amide bonds. The second-order valence-electron chi connectivity index (χ2n) is 4.79. The maximum atomic E-state index is 7.25. The molecule has 1 aromatic heterocycles. The number of ether oxygens (including phenoxy) is 1. The van der Waals surface area contributed by atoms with Gasteiger partial charge < -0.3 is 15.4 Å². The minimum absolute atomic E-state index is 0.0117. The van der Waals surface area contributed by atoms with Gasteiger partial charge in [0.15, 0.2) is 0 Å². The van der Waals surface area contributed by atoms with Gasteiger partial charge in [-0.15, -0.1) is 0 Å². The first-order valence-electron chi connectivity index (χ1n) is 5.43. The van der Waals surface area contributed by atoms with E-state index in [0.717, 1.165) is 0 Å². The third kappa shape index (κ3) is 3.71. The Balaban J connectivity index is 2.62. The van der Waals surface area contributed by atoms with Crippen LogP contribution in [0.4, 0.5) is 0 Å². The Bertz CT molecular complexity index is 384. The van der Waals surface area contributed by atoms with Crippen LogP contribution in [-0.4, -0.2) is 42.0 Å². The summed E-state index contributed by atoms with van der Waals surface area (Å²) in [5.41, 5.74) is 5.89. The van der Waals surface area contributed by atoms with Crippen molar-refractivity contribution in [3.63, 3.8) is 0 Å². The molecule has 0 bridgehead atoms. The van der Waals surface area contributed by atoms with E-state index in [0.29, 0.717) is 18.1 Å². The van der Waals surface area contributed by atoms with Gasteiger partial charge in [-0.2, -0.15) is 0 Å². The number of nitrogens with zero attached hydrogens (tertiary/aromatic N) is 2. The van der Waals surface area contributed by atoms with Gasteiger partial charge in [0.25, 0.3) is 0 Å². The standard InChI is InChI=1S/C12H20N4O/c1-12(2,16(3)4)8-17-10-6-5-9(7-15-10)11(13)14/h5-7H,8H2,1-4H3,(H3,13,14). The van der Waals surface area contributed by atoms with Crippen molar-refractivity contribution in [2.75, 3.05) is 20.7 Å². The van der Waals surface area contributed by atoms with Gasteiger partial charge in [0.2, 0.25) is 5.88 Å². The van der Waals surface area contributed by atoms with Gasteiger partial charge in [-0.1, -0.05) is 0 Å². The van der Waals surface area contributed by atoms with Crippen molar-refractivity contribution in [2.24, 2.45) is 5.73 Å². The summed E-state index contributed by atoms with van der Waals surface area (Å²) >= 11 is 0. The smallest absolute Gasteiger partial charge is 0.213 e. The van der Waals surface area contributed by atoms with Crippen molar-refractivity contribution in [1.82, 2.24) is 9.88 Å². The van der Waals surface area contributed by atoms with Gasteiger partial charge in [-0.3, -0.25) is 5.41 Å². The first kappa shape index (κ1) is 13.4. The lowest BCUT2D eigenvalue weighted by Crippen LogP contribution is -2.43. The van der Waals surface area contributed by atoms with Crippen LogP contribution < -0.4 is 10.5 Å². The minimum atomic E-state index is -0.0546. The highest BCUT2D eigenvalue weighted by Gasteiger charge is 2.21. The van der Waals surface area contributed by atoms with Crippen LogP contribution >= 0.6 is 0 Å². The van der Waals surface area contributed by atoms with Gasteiger partial charge in [0.05, 0.1) is 0 Å². The van der Waals surface area contributed by atoms with Gasteiger partial charge in [-0.25, -0.2) is 4.98 Å². The molecule has 0 spiro atoms. The Kier molecular flexibility index (Phi) is 4.07. The average molecular weight is 236 g/mol. The lowest BCUT2D eigenvalue weighted by atomic mass is 10.1. The number of hydrogen-bond donors (Lipinski definition) is 2. The van der Waals surface area contributed by atoms with Crippen molar-refractivity contribution >= 4 is 5.84 Å². The fourth-order valence-electron chi connectivity index (χ4n) is 1.00. The molecule has 0 atom stereocenters. The third-order valence-corrected chi connectivity index (χ3v) is 2.83. The van der Waals surface area contributed by atoms with E-state index >= 15 is 0 Å². The van der Waals surface area contributed by atoms with Crippen LogP contribution in [0.1, 0.15) is 19.4 Å². The number of aromatic nitrogens is 1. The first-order valence-corrected chi connectivity index (χ1v) is 5.43. The molecule has 1 heterocycles. The Labute approximate surface area is 102 Å². The summed E-state index contributed by atoms with van der Waals surface area (Å²) in [7, 11) is 4.02. The topological polar surface area (TPSA) is 75.2 Å². The number of rotatable bonds is 5. The largest absolute Gasteiger partial charge is 0.476 e. The molecular formula is C12H20N4O. The van der Waals surface area contributed by atoms with Gasteiger partial charge >= 0.3 is 0 Å². The quantitative estimate of drug-likeness (QED) is 0.592. The highest BCUT2D eigenvalue weighted by molar-refractivity contribution is 5.94. The van der Waals surface area contributed by atoms with Crippen LogP contribution in [0.25, 0.3) is 0 Å². The molecule has 3 N–H and O–H groups in total. The molecule has 0 saturated heterocycles. The number of nitrogens with one attached hydrogen (secondary N) is 1. The Morgan fingerprint density at radius 1 is 1.47 bits per heavy atom. The molecule has 5 heteroatoms. The van der Waals surface area contributed by atoms with E-state index in [-0.39, 0.29) is 11.4 Å². The van der Waals surface area contributed by atoms with E-state index in [4.69, 9.17) is 15.9 Å². The Hall–Kier alpha value is -1.62. The fraction of sp³-hybridized carbons (Fsp3) is 0.500. The van der Waals surface area contributed by atoms with Crippen molar-refractivity contribution in [3.8, 4) is 5.88 Å². The highest BCUT2D eigenvalue weighted by atomic mass is 16.5. The summed E-state index contributed by atoms with van der Waals surface area (Å²) in [5.74, 6) is 0.558. The number of likely N-dealkylation sites (N-methyl/N-ethyl adjacent to an activating group) is 1. The monoisotopic (exact) mass is 236 g/mol. The van der Waals surface area contributed by atoms with Crippen LogP contribution in [-0.2, 0) is 0 Å². The molecule has 1 aromatic rings. The zero-order valence-electron chi connectivity index (χ0n) is 10.8. The molecule has 0 aromatic carbocycles. The molecule has 0 aliphatic rings. The lowest BCUT2D eigenvalue weighted by Gasteiger charge is -2.31. The van der Waals surface area contributed by atoms with Crippen LogP contribution in [0.3, 0.4) is 0 Å². The van der Waals surface area contributed by atoms with Crippen LogP contribution in [0.5, 0.6) is 5.88 Å². The second kappa shape index (κ2) is 5.14. The summed E-state index contributed by atoms with van der Waals surface area (Å²) in [5, 5.41) is 7.25. The summed E-state index contributed by atoms with van der Waals surface area (Å²) in [4.78, 5) is 6.19. The summed E-state index contributed by atoms with van der Waals surface area (Å²) < 4.78 is 5.60. The lowest BCUT2D eigenvalue weighted by molar-refractivity contribution is 0.111. The molecule has 0 aliphatic heterocycles. The van der Waals surface area contributed by atoms with Gasteiger partial charge in [-0.05, 0) is 34.0 Å². The highest BCUT2D eigenvalue weighted by Crippen LogP contribution is 2.13. The molecular weight excluding hydrogens is 216 g/mol.